The van der Waals surface area contributed by atoms with E-state index in [0.29, 0.717) is 0 Å². The molecule has 0 saturated carbocycles. The van der Waals surface area contributed by atoms with Gasteiger partial charge < -0.3 is 0 Å². The Kier molecular flexibility index (Phi) is 14.1. The van der Waals surface area contributed by atoms with Gasteiger partial charge in [-0.3, -0.25) is 0 Å². The van der Waals surface area contributed by atoms with Gasteiger partial charge in [0.25, 0.3) is 0 Å². The van der Waals surface area contributed by atoms with E-state index < -0.39 is 0 Å². The molecule has 0 amide bonds. The van der Waals surface area contributed by atoms with Crippen LogP contribution >= 0.6 is 0 Å². The fourth-order valence-corrected chi connectivity index (χ4v) is 3.10. The van der Waals surface area contributed by atoms with Gasteiger partial charge in [0.05, 0.1) is 0 Å². The molecule has 0 aromatic heterocycles. The minimum atomic E-state index is 0.210. The maximum atomic E-state index is 3.72. The molecule has 0 heterocycles. The Morgan fingerprint density at radius 3 is 1.08 bits per heavy atom. The summed E-state index contributed by atoms with van der Waals surface area (Å²) in [5, 5.41) is 5.32. The van der Waals surface area contributed by atoms with Crippen LogP contribution in [0.4, 0.5) is 0 Å². The van der Waals surface area contributed by atoms with Crippen molar-refractivity contribution < 1.29 is 23.3 Å². The molecule has 0 aliphatic heterocycles. The second-order valence-corrected chi connectivity index (χ2v) is 17.7. The van der Waals surface area contributed by atoms with Crippen molar-refractivity contribution in [2.24, 2.45) is 0 Å². The van der Waals surface area contributed by atoms with Gasteiger partial charge in [-0.05, 0) is 0 Å². The molecule has 2 heteroatoms. The number of hydrogen-bond acceptors (Lipinski definition) is 0. The first kappa shape index (κ1) is 29.2. The maximum Gasteiger partial charge on any atom is -0.0809 e. The van der Waals surface area contributed by atoms with Crippen LogP contribution in [0.25, 0.3) is 21.5 Å². The van der Waals surface area contributed by atoms with Gasteiger partial charge in [0.1, 0.15) is 0 Å². The summed E-state index contributed by atoms with van der Waals surface area (Å²) in [5.74, 6) is 0. The van der Waals surface area contributed by atoms with E-state index in [0.717, 1.165) is 11.1 Å². The Morgan fingerprint density at radius 1 is 0.500 bits per heavy atom. The Balaban J connectivity index is 0.000000162. The van der Waals surface area contributed by atoms with Gasteiger partial charge in [0, 0.05) is 0 Å². The van der Waals surface area contributed by atoms with Crippen molar-refractivity contribution in [2.75, 3.05) is 0 Å². The Morgan fingerprint density at radius 2 is 0.806 bits per heavy atom. The van der Waals surface area contributed by atoms with Gasteiger partial charge in [-0.25, -0.2) is 0 Å². The standard InChI is InChI=1S/2C9H7.2C7H7.C2H6Si.Zr/c2*1-2-5-9-7-3-6-8(9)4-1;2*1-7-5-3-2-4-6-7;1-3-2;/h2*1-7H;2*2-6H,1H2;1-2H3;/q4*-1;;. The summed E-state index contributed by atoms with van der Waals surface area (Å²) in [4.78, 5) is 0. The number of benzene rings is 4. The molecule has 0 aliphatic rings. The predicted octanol–water partition coefficient (Wildman–Crippen LogP) is 9.64. The van der Waals surface area contributed by atoms with Crippen molar-refractivity contribution in [3.05, 3.63) is 171 Å². The van der Waals surface area contributed by atoms with Crippen molar-refractivity contribution in [1.29, 1.82) is 0 Å². The van der Waals surface area contributed by atoms with Crippen molar-refractivity contribution in [2.45, 2.75) is 13.1 Å². The smallest absolute Gasteiger partial charge is 0.0809 e. The van der Waals surface area contributed by atoms with Crippen LogP contribution in [-0.4, -0.2) is 5.43 Å². The van der Waals surface area contributed by atoms with Crippen LogP contribution in [0.1, 0.15) is 11.1 Å². The fourth-order valence-electron chi connectivity index (χ4n) is 3.10. The number of rotatable bonds is 0. The van der Waals surface area contributed by atoms with E-state index >= 15 is 0 Å². The molecule has 0 aliphatic carbocycles. The molecule has 0 fully saturated rings. The second-order valence-electron chi connectivity index (χ2n) is 8.28. The van der Waals surface area contributed by atoms with Crippen molar-refractivity contribution in [1.82, 2.24) is 0 Å². The van der Waals surface area contributed by atoms with Crippen LogP contribution in [0.3, 0.4) is 0 Å². The zero-order valence-corrected chi connectivity index (χ0v) is 24.7. The van der Waals surface area contributed by atoms with E-state index in [1.54, 1.807) is 23.3 Å². The van der Waals surface area contributed by atoms with Gasteiger partial charge in [0.2, 0.25) is 0 Å². The van der Waals surface area contributed by atoms with E-state index in [-0.39, 0.29) is 5.43 Å². The topological polar surface area (TPSA) is 0 Å². The summed E-state index contributed by atoms with van der Waals surface area (Å²) in [5.41, 5.74) is 2.35. The monoisotopic (exact) mass is 560 g/mol. The number of hydrogen-bond donors (Lipinski definition) is 0. The minimum Gasteiger partial charge on any atom is -0.199 e. The Hall–Kier alpha value is -3.06. The first-order chi connectivity index (χ1) is 17.5. The van der Waals surface area contributed by atoms with Crippen molar-refractivity contribution in [3.8, 4) is 0 Å². The summed E-state index contributed by atoms with van der Waals surface area (Å²) in [6.45, 7) is 12.1. The molecule has 0 nitrogen and oxygen atoms in total. The fraction of sp³-hybridized carbons (Fsp3) is 0.0588. The summed E-state index contributed by atoms with van der Waals surface area (Å²) in [6.07, 6.45) is 0. The van der Waals surface area contributed by atoms with E-state index in [1.807, 2.05) is 60.7 Å². The molecule has 182 valence electrons. The molecule has 0 atom stereocenters. The summed E-state index contributed by atoms with van der Waals surface area (Å²) >= 11 is 1.74. The normalized spacial score (nSPS) is 9.14. The molecular weight excluding hydrogens is 528 g/mol. The third kappa shape index (κ3) is 12.6. The van der Waals surface area contributed by atoms with Gasteiger partial charge in [-0.1, -0.05) is 24.3 Å². The van der Waals surface area contributed by atoms with E-state index in [4.69, 9.17) is 0 Å². The first-order valence-corrected chi connectivity index (χ1v) is 18.1. The molecular formula is C34H34SiZr-4. The van der Waals surface area contributed by atoms with Gasteiger partial charge >= 0.3 is 41.9 Å². The van der Waals surface area contributed by atoms with Crippen LogP contribution in [0.15, 0.2) is 146 Å². The molecule has 0 saturated heterocycles. The minimum absolute atomic E-state index is 0.210. The summed E-state index contributed by atoms with van der Waals surface area (Å²) in [7, 11) is 0. The Bertz CT molecular complexity index is 1210. The molecule has 6 rings (SSSR count). The summed E-state index contributed by atoms with van der Waals surface area (Å²) in [6, 6.07) is 49.1. The molecule has 0 N–H and O–H groups in total. The SMILES string of the molecule is C[Si](C)=[Zr].[CH2-]c1ccccc1.[CH2-]c1ccccc1.c1ccc2[cH-]ccc2c1.c1ccc2[cH-]ccc2c1. The first-order valence-electron chi connectivity index (χ1n) is 11.9. The quantitative estimate of drug-likeness (QED) is 0.128. The van der Waals surface area contributed by atoms with Gasteiger partial charge in [0.15, 0.2) is 0 Å². The van der Waals surface area contributed by atoms with Crippen LogP contribution in [0.2, 0.25) is 13.1 Å². The van der Waals surface area contributed by atoms with E-state index in [2.05, 4.69) is 112 Å². The summed E-state index contributed by atoms with van der Waals surface area (Å²) < 4.78 is 0. The zero-order valence-electron chi connectivity index (χ0n) is 21.3. The maximum absolute atomic E-state index is 3.72. The third-order valence-corrected chi connectivity index (χ3v) is 4.78. The third-order valence-electron chi connectivity index (χ3n) is 4.78. The van der Waals surface area contributed by atoms with Gasteiger partial charge in [-0.15, -0.1) is 83.6 Å². The van der Waals surface area contributed by atoms with Crippen molar-refractivity contribution in [3.63, 3.8) is 0 Å². The Labute approximate surface area is 232 Å². The van der Waals surface area contributed by atoms with E-state index in [9.17, 15) is 0 Å². The molecule has 6 aromatic rings. The van der Waals surface area contributed by atoms with Crippen LogP contribution in [0.5, 0.6) is 0 Å². The average molecular weight is 562 g/mol. The molecule has 0 spiro atoms. The molecule has 6 aromatic carbocycles. The largest absolute Gasteiger partial charge is 0.199 e. The van der Waals surface area contributed by atoms with Crippen LogP contribution in [-0.2, 0) is 23.3 Å². The zero-order chi connectivity index (χ0) is 26.0. The van der Waals surface area contributed by atoms with Crippen LogP contribution < -0.4 is 0 Å². The molecule has 0 radical (unpaired) electrons. The molecule has 0 unspecified atom stereocenters. The van der Waals surface area contributed by atoms with Crippen LogP contribution in [0, 0.1) is 13.8 Å². The predicted molar refractivity (Wildman–Crippen MR) is 158 cm³/mol. The second kappa shape index (κ2) is 17.4. The van der Waals surface area contributed by atoms with Gasteiger partial charge in [-0.2, -0.15) is 84.3 Å². The van der Waals surface area contributed by atoms with Crippen molar-refractivity contribution >= 4 is 27.0 Å². The average Bonchev–Trinajstić information content (AvgIpc) is 3.56. The number of fused-ring (bicyclic) bond motifs is 2. The molecule has 36 heavy (non-hydrogen) atoms. The molecule has 0 bridgehead atoms. The van der Waals surface area contributed by atoms with E-state index in [1.165, 1.54) is 21.5 Å².